The first-order valence-electron chi connectivity index (χ1n) is 5.73. The zero-order chi connectivity index (χ0) is 13.6. The smallest absolute Gasteiger partial charge is 0.194 e. The molecule has 0 saturated carbocycles. The van der Waals surface area contributed by atoms with Gasteiger partial charge >= 0.3 is 0 Å². The van der Waals surface area contributed by atoms with Gasteiger partial charge in [-0.15, -0.1) is 0 Å². The number of nitrogen functional groups attached to an aromatic ring is 1. The van der Waals surface area contributed by atoms with E-state index in [1.807, 2.05) is 0 Å². The highest BCUT2D eigenvalue weighted by Gasteiger charge is 2.44. The van der Waals surface area contributed by atoms with Crippen LogP contribution in [0.2, 0.25) is 0 Å². The summed E-state index contributed by atoms with van der Waals surface area (Å²) in [4.78, 5) is 7.83. The minimum atomic E-state index is -1.17. The van der Waals surface area contributed by atoms with Gasteiger partial charge in [0.2, 0.25) is 0 Å². The summed E-state index contributed by atoms with van der Waals surface area (Å²) < 4.78 is 10.7. The zero-order valence-electron chi connectivity index (χ0n) is 9.80. The molecule has 3 heterocycles. The standard InChI is InChI=1S/C11H13N3O5/c12-11-10-6(13-3-14-11)4(2-18-10)9-8(17)7(16)5(1-15)19-9/h2-3,5,7-9,15-17H,1H2,(H2,12,13,14)/t5-,7+,8+,9-/m1/s1. The van der Waals surface area contributed by atoms with Crippen LogP contribution in [0.5, 0.6) is 0 Å². The second-order valence-corrected chi connectivity index (χ2v) is 4.39. The molecule has 0 amide bonds. The lowest BCUT2D eigenvalue weighted by Crippen LogP contribution is -2.32. The van der Waals surface area contributed by atoms with E-state index in [-0.39, 0.29) is 12.4 Å². The number of rotatable bonds is 2. The summed E-state index contributed by atoms with van der Waals surface area (Å²) in [7, 11) is 0. The first kappa shape index (κ1) is 12.3. The molecule has 4 atom stereocenters. The Hall–Kier alpha value is -1.74. The van der Waals surface area contributed by atoms with Crippen molar-refractivity contribution in [3.8, 4) is 0 Å². The molecule has 0 aliphatic carbocycles. The monoisotopic (exact) mass is 267 g/mol. The van der Waals surface area contributed by atoms with Crippen molar-refractivity contribution < 1.29 is 24.5 Å². The van der Waals surface area contributed by atoms with Crippen LogP contribution in [-0.2, 0) is 4.74 Å². The second kappa shape index (κ2) is 4.42. The number of furan rings is 1. The molecule has 2 aromatic heterocycles. The lowest BCUT2D eigenvalue weighted by molar-refractivity contribution is -0.0226. The normalized spacial score (nSPS) is 31.1. The average molecular weight is 267 g/mol. The SMILES string of the molecule is Nc1ncnc2c([C@H]3O[C@H](CO)[C@H](O)[C@@H]3O)coc12. The molecule has 1 saturated heterocycles. The predicted octanol–water partition coefficient (Wildman–Crippen LogP) is -1.04. The summed E-state index contributed by atoms with van der Waals surface area (Å²) in [6, 6.07) is 0. The van der Waals surface area contributed by atoms with E-state index in [1.165, 1.54) is 12.6 Å². The number of aromatic nitrogens is 2. The van der Waals surface area contributed by atoms with Crippen LogP contribution in [0.3, 0.4) is 0 Å². The molecule has 1 aliphatic heterocycles. The van der Waals surface area contributed by atoms with Crippen LogP contribution in [0.4, 0.5) is 5.82 Å². The van der Waals surface area contributed by atoms with E-state index < -0.39 is 24.4 Å². The molecule has 1 aliphatic rings. The molecule has 5 N–H and O–H groups in total. The van der Waals surface area contributed by atoms with Crippen LogP contribution >= 0.6 is 0 Å². The molecule has 1 fully saturated rings. The van der Waals surface area contributed by atoms with Crippen molar-refractivity contribution in [2.45, 2.75) is 24.4 Å². The van der Waals surface area contributed by atoms with E-state index >= 15 is 0 Å². The second-order valence-electron chi connectivity index (χ2n) is 4.39. The number of ether oxygens (including phenoxy) is 1. The highest BCUT2D eigenvalue weighted by atomic mass is 16.6. The molecule has 2 aromatic rings. The lowest BCUT2D eigenvalue weighted by Gasteiger charge is -2.12. The molecule has 19 heavy (non-hydrogen) atoms. The number of anilines is 1. The van der Waals surface area contributed by atoms with Crippen LogP contribution in [-0.4, -0.2) is 50.2 Å². The van der Waals surface area contributed by atoms with Crippen molar-refractivity contribution in [1.82, 2.24) is 9.97 Å². The lowest BCUT2D eigenvalue weighted by atomic mass is 10.0. The molecule has 3 rings (SSSR count). The summed E-state index contributed by atoms with van der Waals surface area (Å²) in [5.41, 5.74) is 6.83. The molecule has 0 spiro atoms. The van der Waals surface area contributed by atoms with E-state index in [0.29, 0.717) is 16.7 Å². The number of nitrogens with two attached hydrogens (primary N) is 1. The highest BCUT2D eigenvalue weighted by Crippen LogP contribution is 2.37. The van der Waals surface area contributed by atoms with Gasteiger partial charge in [0.15, 0.2) is 11.4 Å². The maximum atomic E-state index is 9.96. The van der Waals surface area contributed by atoms with Crippen LogP contribution < -0.4 is 5.73 Å². The summed E-state index contributed by atoms with van der Waals surface area (Å²) in [5, 5.41) is 28.7. The minimum Gasteiger partial charge on any atom is -0.458 e. The van der Waals surface area contributed by atoms with Crippen LogP contribution in [0.15, 0.2) is 17.0 Å². The van der Waals surface area contributed by atoms with Gasteiger partial charge in [0.1, 0.15) is 36.3 Å². The van der Waals surface area contributed by atoms with Crippen LogP contribution in [0, 0.1) is 0 Å². The average Bonchev–Trinajstić information content (AvgIpc) is 2.94. The molecule has 0 bridgehead atoms. The molecule has 0 aromatic carbocycles. The van der Waals surface area contributed by atoms with Gasteiger partial charge in [-0.25, -0.2) is 9.97 Å². The molecule has 8 nitrogen and oxygen atoms in total. The third-order valence-corrected chi connectivity index (χ3v) is 3.26. The van der Waals surface area contributed by atoms with E-state index in [9.17, 15) is 10.2 Å². The summed E-state index contributed by atoms with van der Waals surface area (Å²) in [5.74, 6) is 0.183. The van der Waals surface area contributed by atoms with Crippen LogP contribution in [0.1, 0.15) is 11.7 Å². The quantitative estimate of drug-likeness (QED) is 0.542. The predicted molar refractivity (Wildman–Crippen MR) is 62.9 cm³/mol. The Balaban J connectivity index is 2.04. The van der Waals surface area contributed by atoms with Crippen molar-refractivity contribution in [3.63, 3.8) is 0 Å². The third-order valence-electron chi connectivity index (χ3n) is 3.26. The Bertz CT molecular complexity index is 601. The Morgan fingerprint density at radius 1 is 1.26 bits per heavy atom. The van der Waals surface area contributed by atoms with E-state index in [4.69, 9.17) is 20.0 Å². The van der Waals surface area contributed by atoms with Gasteiger partial charge in [0.25, 0.3) is 0 Å². The van der Waals surface area contributed by atoms with Gasteiger partial charge in [-0.05, 0) is 0 Å². The van der Waals surface area contributed by atoms with Crippen molar-refractivity contribution in [2.24, 2.45) is 0 Å². The Labute approximate surface area is 107 Å². The molecule has 102 valence electrons. The Morgan fingerprint density at radius 3 is 2.74 bits per heavy atom. The van der Waals surface area contributed by atoms with Gasteiger partial charge in [0, 0.05) is 5.56 Å². The van der Waals surface area contributed by atoms with Crippen molar-refractivity contribution in [2.75, 3.05) is 12.3 Å². The fraction of sp³-hybridized carbons (Fsp3) is 0.455. The van der Waals surface area contributed by atoms with Gasteiger partial charge in [-0.2, -0.15) is 0 Å². The number of aliphatic hydroxyl groups is 3. The summed E-state index contributed by atoms with van der Waals surface area (Å²) >= 11 is 0. The third kappa shape index (κ3) is 1.77. The van der Waals surface area contributed by atoms with Crippen LogP contribution in [0.25, 0.3) is 11.1 Å². The number of nitrogens with zero attached hydrogens (tertiary/aromatic N) is 2. The molecule has 0 radical (unpaired) electrons. The fourth-order valence-electron chi connectivity index (χ4n) is 2.25. The molecule has 0 unspecified atom stereocenters. The van der Waals surface area contributed by atoms with Gasteiger partial charge in [-0.1, -0.05) is 0 Å². The first-order valence-corrected chi connectivity index (χ1v) is 5.73. The first-order chi connectivity index (χ1) is 9.13. The van der Waals surface area contributed by atoms with E-state index in [0.717, 1.165) is 0 Å². The summed E-state index contributed by atoms with van der Waals surface area (Å²) in [6.45, 7) is -0.387. The van der Waals surface area contributed by atoms with Gasteiger partial charge in [0.05, 0.1) is 12.9 Å². The molecule has 8 heteroatoms. The van der Waals surface area contributed by atoms with E-state index in [1.54, 1.807) is 0 Å². The highest BCUT2D eigenvalue weighted by molar-refractivity contribution is 5.85. The van der Waals surface area contributed by atoms with Crippen molar-refractivity contribution in [3.05, 3.63) is 18.2 Å². The van der Waals surface area contributed by atoms with Gasteiger partial charge < -0.3 is 30.2 Å². The topological polar surface area (TPSA) is 135 Å². The Morgan fingerprint density at radius 2 is 2.05 bits per heavy atom. The fourth-order valence-corrected chi connectivity index (χ4v) is 2.25. The maximum absolute atomic E-state index is 9.96. The van der Waals surface area contributed by atoms with Crippen molar-refractivity contribution in [1.29, 1.82) is 0 Å². The molecular formula is C11H13N3O5. The molecular weight excluding hydrogens is 254 g/mol. The number of fused-ring (bicyclic) bond motifs is 1. The minimum absolute atomic E-state index is 0.183. The largest absolute Gasteiger partial charge is 0.458 e. The number of hydrogen-bond acceptors (Lipinski definition) is 8. The van der Waals surface area contributed by atoms with Crippen molar-refractivity contribution >= 4 is 16.9 Å². The summed E-state index contributed by atoms with van der Waals surface area (Å²) in [6.07, 6.45) is -1.38. The number of hydrogen-bond donors (Lipinski definition) is 4. The number of aliphatic hydroxyl groups excluding tert-OH is 3. The Kier molecular flexibility index (Phi) is 2.86. The van der Waals surface area contributed by atoms with E-state index in [2.05, 4.69) is 9.97 Å². The maximum Gasteiger partial charge on any atom is 0.194 e. The zero-order valence-corrected chi connectivity index (χ0v) is 9.80. The van der Waals surface area contributed by atoms with Gasteiger partial charge in [-0.3, -0.25) is 0 Å².